The fraction of sp³-hybridized carbons (Fsp3) is 1.00. The monoisotopic (exact) mass is 119 g/mol. The standard InChI is InChI=1S/C5H13NO2/c1-4(3-6-8)5(2)7/h4-8H,3H2,1-2H3. The molecule has 3 N–H and O–H groups in total. The van der Waals surface area contributed by atoms with Crippen LogP contribution in [0.25, 0.3) is 0 Å². The molecule has 0 aliphatic rings. The SMILES string of the molecule is CC(O)C(C)CNO. The molecule has 2 atom stereocenters. The maximum Gasteiger partial charge on any atom is 0.0550 e. The van der Waals surface area contributed by atoms with Crippen LogP contribution in [-0.4, -0.2) is 23.0 Å². The van der Waals surface area contributed by atoms with E-state index in [-0.39, 0.29) is 12.0 Å². The minimum absolute atomic E-state index is 0.111. The summed E-state index contributed by atoms with van der Waals surface area (Å²) in [7, 11) is 0. The summed E-state index contributed by atoms with van der Waals surface area (Å²) < 4.78 is 0. The third-order valence-corrected chi connectivity index (χ3v) is 1.24. The number of rotatable bonds is 3. The number of aliphatic hydroxyl groups excluding tert-OH is 1. The van der Waals surface area contributed by atoms with Crippen LogP contribution in [0.2, 0.25) is 0 Å². The van der Waals surface area contributed by atoms with Gasteiger partial charge in [-0.05, 0) is 12.8 Å². The van der Waals surface area contributed by atoms with Crippen molar-refractivity contribution < 1.29 is 10.3 Å². The highest BCUT2D eigenvalue weighted by Gasteiger charge is 2.05. The van der Waals surface area contributed by atoms with Crippen LogP contribution in [-0.2, 0) is 0 Å². The minimum atomic E-state index is -0.352. The topological polar surface area (TPSA) is 52.5 Å². The van der Waals surface area contributed by atoms with E-state index in [1.54, 1.807) is 6.92 Å². The van der Waals surface area contributed by atoms with E-state index in [0.717, 1.165) is 0 Å². The van der Waals surface area contributed by atoms with Gasteiger partial charge in [-0.25, -0.2) is 5.48 Å². The van der Waals surface area contributed by atoms with Crippen molar-refractivity contribution in [2.45, 2.75) is 20.0 Å². The van der Waals surface area contributed by atoms with Crippen LogP contribution in [0.1, 0.15) is 13.8 Å². The van der Waals surface area contributed by atoms with Gasteiger partial charge in [0.2, 0.25) is 0 Å². The van der Waals surface area contributed by atoms with Gasteiger partial charge in [0.1, 0.15) is 0 Å². The predicted molar refractivity (Wildman–Crippen MR) is 30.6 cm³/mol. The van der Waals surface area contributed by atoms with Gasteiger partial charge in [-0.3, -0.25) is 0 Å². The number of hydrogen-bond acceptors (Lipinski definition) is 3. The van der Waals surface area contributed by atoms with Crippen molar-refractivity contribution in [2.24, 2.45) is 5.92 Å². The second-order valence-electron chi connectivity index (χ2n) is 2.08. The lowest BCUT2D eigenvalue weighted by Gasteiger charge is -2.11. The van der Waals surface area contributed by atoms with Crippen LogP contribution in [0, 0.1) is 5.92 Å². The quantitative estimate of drug-likeness (QED) is 0.458. The molecule has 0 saturated heterocycles. The highest BCUT2D eigenvalue weighted by Crippen LogP contribution is 1.97. The molecule has 0 aromatic carbocycles. The average molecular weight is 119 g/mol. The Labute approximate surface area is 49.3 Å². The van der Waals surface area contributed by atoms with Crippen molar-refractivity contribution in [3.63, 3.8) is 0 Å². The van der Waals surface area contributed by atoms with Crippen LogP contribution in [0.5, 0.6) is 0 Å². The Hall–Kier alpha value is -0.120. The second-order valence-corrected chi connectivity index (χ2v) is 2.08. The lowest BCUT2D eigenvalue weighted by Crippen LogP contribution is -2.25. The summed E-state index contributed by atoms with van der Waals surface area (Å²) in [5, 5.41) is 16.9. The van der Waals surface area contributed by atoms with Crippen molar-refractivity contribution in [1.29, 1.82) is 0 Å². The normalized spacial score (nSPS) is 18.0. The first-order valence-electron chi connectivity index (χ1n) is 2.73. The number of hydrogen-bond donors (Lipinski definition) is 3. The van der Waals surface area contributed by atoms with Crippen LogP contribution >= 0.6 is 0 Å². The largest absolute Gasteiger partial charge is 0.393 e. The van der Waals surface area contributed by atoms with Gasteiger partial charge >= 0.3 is 0 Å². The van der Waals surface area contributed by atoms with Crippen LogP contribution in [0.4, 0.5) is 0 Å². The van der Waals surface area contributed by atoms with Crippen LogP contribution in [0.15, 0.2) is 0 Å². The van der Waals surface area contributed by atoms with E-state index < -0.39 is 0 Å². The Kier molecular flexibility index (Phi) is 3.77. The molecule has 0 heterocycles. The fourth-order valence-corrected chi connectivity index (χ4v) is 0.315. The zero-order chi connectivity index (χ0) is 6.57. The van der Waals surface area contributed by atoms with Gasteiger partial charge in [0.15, 0.2) is 0 Å². The van der Waals surface area contributed by atoms with E-state index in [1.807, 2.05) is 12.4 Å². The van der Waals surface area contributed by atoms with E-state index >= 15 is 0 Å². The van der Waals surface area contributed by atoms with Crippen LogP contribution < -0.4 is 5.48 Å². The van der Waals surface area contributed by atoms with Gasteiger partial charge in [-0.2, -0.15) is 0 Å². The van der Waals surface area contributed by atoms with Gasteiger partial charge in [0, 0.05) is 6.54 Å². The Morgan fingerprint density at radius 1 is 1.50 bits per heavy atom. The third-order valence-electron chi connectivity index (χ3n) is 1.24. The average Bonchev–Trinajstić information content (AvgIpc) is 1.67. The molecule has 0 aromatic heterocycles. The Balaban J connectivity index is 3.17. The van der Waals surface area contributed by atoms with Gasteiger partial charge in [0.05, 0.1) is 6.10 Å². The van der Waals surface area contributed by atoms with Crippen molar-refractivity contribution in [3.8, 4) is 0 Å². The summed E-state index contributed by atoms with van der Waals surface area (Å²) in [5.41, 5.74) is 1.99. The zero-order valence-electron chi connectivity index (χ0n) is 5.26. The molecule has 0 aromatic rings. The first kappa shape index (κ1) is 7.88. The lowest BCUT2D eigenvalue weighted by atomic mass is 10.1. The molecule has 0 spiro atoms. The molecule has 0 radical (unpaired) electrons. The van der Waals surface area contributed by atoms with E-state index in [1.165, 1.54) is 0 Å². The molecule has 3 heteroatoms. The molecule has 0 bridgehead atoms. The second kappa shape index (κ2) is 3.83. The van der Waals surface area contributed by atoms with Crippen molar-refractivity contribution in [2.75, 3.05) is 6.54 Å². The van der Waals surface area contributed by atoms with E-state index in [9.17, 15) is 0 Å². The molecule has 0 aliphatic heterocycles. The van der Waals surface area contributed by atoms with E-state index in [0.29, 0.717) is 6.54 Å². The summed E-state index contributed by atoms with van der Waals surface area (Å²) in [4.78, 5) is 0. The number of hydroxylamine groups is 1. The Bertz CT molecular complexity index is 56.4. The van der Waals surface area contributed by atoms with Crippen LogP contribution in [0.3, 0.4) is 0 Å². The molecule has 50 valence electrons. The molecule has 0 aliphatic carbocycles. The van der Waals surface area contributed by atoms with E-state index in [2.05, 4.69) is 0 Å². The first-order valence-corrected chi connectivity index (χ1v) is 2.73. The molecule has 0 rings (SSSR count). The fourth-order valence-electron chi connectivity index (χ4n) is 0.315. The molecule has 0 saturated carbocycles. The van der Waals surface area contributed by atoms with Crippen molar-refractivity contribution in [1.82, 2.24) is 5.48 Å². The highest BCUT2D eigenvalue weighted by molar-refractivity contribution is 4.58. The molecular weight excluding hydrogens is 106 g/mol. The summed E-state index contributed by atoms with van der Waals surface area (Å²) in [6, 6.07) is 0. The molecule has 3 nitrogen and oxygen atoms in total. The summed E-state index contributed by atoms with van der Waals surface area (Å²) in [5.74, 6) is 0.111. The van der Waals surface area contributed by atoms with Crippen molar-refractivity contribution >= 4 is 0 Å². The molecule has 2 unspecified atom stereocenters. The van der Waals surface area contributed by atoms with Crippen molar-refractivity contribution in [3.05, 3.63) is 0 Å². The molecular formula is C5H13NO2. The van der Waals surface area contributed by atoms with Gasteiger partial charge in [-0.15, -0.1) is 0 Å². The summed E-state index contributed by atoms with van der Waals surface area (Å²) in [6.45, 7) is 3.99. The summed E-state index contributed by atoms with van der Waals surface area (Å²) >= 11 is 0. The van der Waals surface area contributed by atoms with E-state index in [4.69, 9.17) is 10.3 Å². The molecule has 8 heavy (non-hydrogen) atoms. The summed E-state index contributed by atoms with van der Waals surface area (Å²) in [6.07, 6.45) is -0.352. The van der Waals surface area contributed by atoms with Gasteiger partial charge < -0.3 is 10.3 Å². The van der Waals surface area contributed by atoms with Gasteiger partial charge in [-0.1, -0.05) is 6.92 Å². The highest BCUT2D eigenvalue weighted by atomic mass is 16.5. The minimum Gasteiger partial charge on any atom is -0.393 e. The number of aliphatic hydroxyl groups is 1. The lowest BCUT2D eigenvalue weighted by molar-refractivity contribution is 0.0891. The molecule has 0 fully saturated rings. The number of nitrogens with one attached hydrogen (secondary N) is 1. The van der Waals surface area contributed by atoms with Gasteiger partial charge in [0.25, 0.3) is 0 Å². The Morgan fingerprint density at radius 2 is 2.00 bits per heavy atom. The maximum absolute atomic E-state index is 8.80. The molecule has 0 amide bonds. The maximum atomic E-state index is 8.80. The Morgan fingerprint density at radius 3 is 2.12 bits per heavy atom. The predicted octanol–water partition coefficient (Wildman–Crippen LogP) is -0.0179. The first-order chi connectivity index (χ1) is 3.68. The third kappa shape index (κ3) is 2.96. The zero-order valence-corrected chi connectivity index (χ0v) is 5.26. The smallest absolute Gasteiger partial charge is 0.0550 e.